The molecule has 1 aromatic heterocycles. The maximum Gasteiger partial charge on any atom is 0.0955 e. The fraction of sp³-hybridized carbons (Fsp3) is 0.300. The molecule has 2 aromatic rings. The number of halogens is 1. The molecule has 1 N–H and O–H groups in total. The summed E-state index contributed by atoms with van der Waals surface area (Å²) in [5.74, 6) is 0. The summed E-state index contributed by atoms with van der Waals surface area (Å²) in [5.41, 5.74) is 3.38. The summed E-state index contributed by atoms with van der Waals surface area (Å²) in [6, 6.07) is 6.27. The second-order valence-electron chi connectivity index (χ2n) is 3.25. The highest BCUT2D eigenvalue weighted by atomic mass is 79.9. The van der Waals surface area contributed by atoms with Crippen LogP contribution in [0, 0.1) is 0 Å². The van der Waals surface area contributed by atoms with Crippen LogP contribution in [0.3, 0.4) is 0 Å². The highest BCUT2D eigenvalue weighted by molar-refractivity contribution is 9.09. The van der Waals surface area contributed by atoms with Gasteiger partial charge >= 0.3 is 0 Å². The van der Waals surface area contributed by atoms with Crippen molar-refractivity contribution < 1.29 is 0 Å². The molecule has 2 rings (SSSR count). The number of hydrogen-bond acceptors (Lipinski definition) is 2. The molecular weight excluding hydrogens is 242 g/mol. The van der Waals surface area contributed by atoms with Gasteiger partial charge in [-0.1, -0.05) is 22.0 Å². The van der Waals surface area contributed by atoms with E-state index in [0.717, 1.165) is 11.0 Å². The predicted octanol–water partition coefficient (Wildman–Crippen LogP) is 2.19. The van der Waals surface area contributed by atoms with Gasteiger partial charge in [-0.15, -0.1) is 0 Å². The molecule has 0 bridgehead atoms. The van der Waals surface area contributed by atoms with Gasteiger partial charge in [0.15, 0.2) is 0 Å². The minimum absolute atomic E-state index is 0.189. The lowest BCUT2D eigenvalue weighted by Gasteiger charge is -2.08. The zero-order valence-corrected chi connectivity index (χ0v) is 9.75. The number of hydrogen-bond donors (Lipinski definition) is 1. The van der Waals surface area contributed by atoms with Crippen LogP contribution in [0.25, 0.3) is 11.0 Å². The first kappa shape index (κ1) is 9.68. The Morgan fingerprint density at radius 3 is 3.00 bits per heavy atom. The third-order valence-electron chi connectivity index (χ3n) is 2.30. The topological polar surface area (TPSA) is 29.9 Å². The fourth-order valence-corrected chi connectivity index (χ4v) is 1.76. The van der Waals surface area contributed by atoms with Crippen molar-refractivity contribution in [1.82, 2.24) is 14.9 Å². The van der Waals surface area contributed by atoms with E-state index in [1.54, 1.807) is 0 Å². The largest absolute Gasteiger partial charge is 0.334 e. The second-order valence-corrected chi connectivity index (χ2v) is 4.17. The van der Waals surface area contributed by atoms with Crippen LogP contribution in [0.5, 0.6) is 0 Å². The molecule has 0 spiro atoms. The number of aromatic nitrogens is 2. The van der Waals surface area contributed by atoms with Crippen molar-refractivity contribution in [3.05, 3.63) is 30.1 Å². The average Bonchev–Trinajstić information content (AvgIpc) is 2.59. The molecule has 74 valence electrons. The lowest BCUT2D eigenvalue weighted by atomic mass is 10.2. The number of alkyl halides is 1. The molecular formula is C10H12BrN3. The van der Waals surface area contributed by atoms with Gasteiger partial charge in [-0.25, -0.2) is 4.98 Å². The van der Waals surface area contributed by atoms with E-state index in [1.807, 2.05) is 25.0 Å². The van der Waals surface area contributed by atoms with Gasteiger partial charge < -0.3 is 9.88 Å². The van der Waals surface area contributed by atoms with E-state index in [0.29, 0.717) is 0 Å². The zero-order chi connectivity index (χ0) is 10.1. The molecule has 1 atom stereocenters. The van der Waals surface area contributed by atoms with Crippen molar-refractivity contribution in [2.75, 3.05) is 7.05 Å². The third kappa shape index (κ3) is 1.55. The highest BCUT2D eigenvalue weighted by Crippen LogP contribution is 2.22. The van der Waals surface area contributed by atoms with Crippen LogP contribution in [0.15, 0.2) is 24.5 Å². The lowest BCUT2D eigenvalue weighted by Crippen LogP contribution is -2.09. The number of rotatable bonds is 2. The molecule has 0 amide bonds. The van der Waals surface area contributed by atoms with Gasteiger partial charge in [-0.3, -0.25) is 0 Å². The van der Waals surface area contributed by atoms with Crippen LogP contribution in [0.1, 0.15) is 10.5 Å². The summed E-state index contributed by atoms with van der Waals surface area (Å²) < 4.78 is 2.02. The van der Waals surface area contributed by atoms with Crippen LogP contribution in [-0.4, -0.2) is 16.6 Å². The SMILES string of the molecule is CNC(Br)c1ccc2c(c1)ncn2C. The summed E-state index contributed by atoms with van der Waals surface area (Å²) in [6.45, 7) is 0. The van der Waals surface area contributed by atoms with Gasteiger partial charge in [0, 0.05) is 7.05 Å². The monoisotopic (exact) mass is 253 g/mol. The number of nitrogens with zero attached hydrogens (tertiary/aromatic N) is 2. The van der Waals surface area contributed by atoms with E-state index >= 15 is 0 Å². The number of fused-ring (bicyclic) bond motifs is 1. The first-order valence-electron chi connectivity index (χ1n) is 4.44. The normalized spacial score (nSPS) is 13.4. The molecule has 1 heterocycles. The van der Waals surface area contributed by atoms with Crippen LogP contribution in [0.2, 0.25) is 0 Å². The molecule has 0 fully saturated rings. The standard InChI is InChI=1S/C10H12BrN3/c1-12-10(11)7-3-4-9-8(5-7)13-6-14(9)2/h3-6,10,12H,1-2H3. The van der Waals surface area contributed by atoms with Gasteiger partial charge in [0.25, 0.3) is 0 Å². The summed E-state index contributed by atoms with van der Waals surface area (Å²) in [4.78, 5) is 4.50. The van der Waals surface area contributed by atoms with Gasteiger partial charge in [0.2, 0.25) is 0 Å². The molecule has 0 aliphatic rings. The first-order chi connectivity index (χ1) is 6.72. The quantitative estimate of drug-likeness (QED) is 0.657. The molecule has 1 aromatic carbocycles. The Morgan fingerprint density at radius 1 is 1.50 bits per heavy atom. The van der Waals surface area contributed by atoms with Gasteiger partial charge in [0.05, 0.1) is 22.3 Å². The van der Waals surface area contributed by atoms with Crippen molar-refractivity contribution in [2.24, 2.45) is 7.05 Å². The average molecular weight is 254 g/mol. The Bertz CT molecular complexity index is 450. The fourth-order valence-electron chi connectivity index (χ4n) is 1.48. The van der Waals surface area contributed by atoms with E-state index < -0.39 is 0 Å². The van der Waals surface area contributed by atoms with Crippen molar-refractivity contribution in [1.29, 1.82) is 0 Å². The van der Waals surface area contributed by atoms with Crippen molar-refractivity contribution in [3.63, 3.8) is 0 Å². The van der Waals surface area contributed by atoms with E-state index in [1.165, 1.54) is 5.56 Å². The Hall–Kier alpha value is -0.870. The number of imidazole rings is 1. The smallest absolute Gasteiger partial charge is 0.0955 e. The molecule has 3 nitrogen and oxygen atoms in total. The van der Waals surface area contributed by atoms with Crippen molar-refractivity contribution >= 4 is 27.0 Å². The summed E-state index contributed by atoms with van der Waals surface area (Å²) in [6.07, 6.45) is 1.83. The molecule has 0 saturated carbocycles. The maximum absolute atomic E-state index is 4.31. The van der Waals surface area contributed by atoms with Crippen LogP contribution in [0.4, 0.5) is 0 Å². The van der Waals surface area contributed by atoms with E-state index in [-0.39, 0.29) is 4.95 Å². The van der Waals surface area contributed by atoms with Gasteiger partial charge in [0.1, 0.15) is 0 Å². The maximum atomic E-state index is 4.31. The van der Waals surface area contributed by atoms with E-state index in [4.69, 9.17) is 0 Å². The van der Waals surface area contributed by atoms with E-state index in [2.05, 4.69) is 44.4 Å². The number of nitrogens with one attached hydrogen (secondary N) is 1. The van der Waals surface area contributed by atoms with E-state index in [9.17, 15) is 0 Å². The Morgan fingerprint density at radius 2 is 2.29 bits per heavy atom. The molecule has 0 saturated heterocycles. The first-order valence-corrected chi connectivity index (χ1v) is 5.36. The van der Waals surface area contributed by atoms with Crippen LogP contribution >= 0.6 is 15.9 Å². The second kappa shape index (κ2) is 3.71. The Labute approximate surface area is 91.3 Å². The van der Waals surface area contributed by atoms with Crippen molar-refractivity contribution in [2.45, 2.75) is 4.95 Å². The molecule has 14 heavy (non-hydrogen) atoms. The number of benzene rings is 1. The molecule has 0 radical (unpaired) electrons. The minimum atomic E-state index is 0.189. The lowest BCUT2D eigenvalue weighted by molar-refractivity contribution is 0.809. The predicted molar refractivity (Wildman–Crippen MR) is 61.4 cm³/mol. The van der Waals surface area contributed by atoms with Crippen molar-refractivity contribution in [3.8, 4) is 0 Å². The molecule has 1 unspecified atom stereocenters. The summed E-state index contributed by atoms with van der Waals surface area (Å²) >= 11 is 3.53. The van der Waals surface area contributed by atoms with Gasteiger partial charge in [-0.2, -0.15) is 0 Å². The molecule has 4 heteroatoms. The van der Waals surface area contributed by atoms with Crippen LogP contribution in [-0.2, 0) is 7.05 Å². The molecule has 0 aliphatic carbocycles. The third-order valence-corrected chi connectivity index (χ3v) is 3.28. The zero-order valence-electron chi connectivity index (χ0n) is 8.16. The Kier molecular flexibility index (Phi) is 2.56. The molecule has 0 aliphatic heterocycles. The summed E-state index contributed by atoms with van der Waals surface area (Å²) in [7, 11) is 3.92. The highest BCUT2D eigenvalue weighted by Gasteiger charge is 2.06. The number of aryl methyl sites for hydroxylation is 1. The Balaban J connectivity index is 2.52. The summed E-state index contributed by atoms with van der Waals surface area (Å²) in [5, 5.41) is 3.13. The van der Waals surface area contributed by atoms with Gasteiger partial charge in [-0.05, 0) is 24.7 Å². The minimum Gasteiger partial charge on any atom is -0.334 e. The van der Waals surface area contributed by atoms with Crippen LogP contribution < -0.4 is 5.32 Å².